The van der Waals surface area contributed by atoms with Gasteiger partial charge in [-0.2, -0.15) is 8.78 Å². The van der Waals surface area contributed by atoms with Gasteiger partial charge in [0.15, 0.2) is 6.10 Å². The van der Waals surface area contributed by atoms with Crippen LogP contribution in [-0.4, -0.2) is 22.1 Å². The van der Waals surface area contributed by atoms with Crippen LogP contribution in [0.2, 0.25) is 5.02 Å². The lowest BCUT2D eigenvalue weighted by atomic mass is 10.0. The Kier molecular flexibility index (Phi) is 3.88. The molecule has 0 aliphatic rings. The van der Waals surface area contributed by atoms with Crippen molar-refractivity contribution in [3.8, 4) is 0 Å². The number of aliphatic hydroxyl groups is 1. The van der Waals surface area contributed by atoms with E-state index >= 15 is 0 Å². The van der Waals surface area contributed by atoms with E-state index in [0.717, 1.165) is 12.1 Å². The maximum atomic E-state index is 13.0. The average Bonchev–Trinajstić information content (AvgIpc) is 2.20. The normalized spacial score (nSPS) is 13.6. The molecule has 0 saturated heterocycles. The van der Waals surface area contributed by atoms with E-state index < -0.39 is 18.0 Å². The van der Waals surface area contributed by atoms with Crippen molar-refractivity contribution in [3.63, 3.8) is 0 Å². The Bertz CT molecular complexity index is 425. The van der Waals surface area contributed by atoms with E-state index in [1.807, 2.05) is 0 Å². The Morgan fingerprint density at radius 1 is 1.50 bits per heavy atom. The second-order valence-corrected chi connectivity index (χ2v) is 4.27. The van der Waals surface area contributed by atoms with Gasteiger partial charge in [0.05, 0.1) is 5.02 Å². The minimum atomic E-state index is -4.24. The van der Waals surface area contributed by atoms with Gasteiger partial charge in [-0.05, 0) is 33.6 Å². The summed E-state index contributed by atoms with van der Waals surface area (Å²) in [5.41, 5.74) is -0.233. The fourth-order valence-electron chi connectivity index (χ4n) is 1.01. The molecule has 0 fully saturated rings. The number of alkyl halides is 2. The smallest absolute Gasteiger partial charge is 0.377 e. The first-order valence-electron chi connectivity index (χ1n) is 4.01. The van der Waals surface area contributed by atoms with Crippen LogP contribution in [0.3, 0.4) is 0 Å². The van der Waals surface area contributed by atoms with Crippen LogP contribution in [0.1, 0.15) is 11.7 Å². The van der Waals surface area contributed by atoms with Crippen LogP contribution in [0.15, 0.2) is 22.7 Å². The Balaban J connectivity index is 3.10. The third kappa shape index (κ3) is 2.50. The summed E-state index contributed by atoms with van der Waals surface area (Å²) >= 11 is 8.61. The van der Waals surface area contributed by atoms with Gasteiger partial charge in [0.2, 0.25) is 0 Å². The molecule has 1 atom stereocenters. The van der Waals surface area contributed by atoms with E-state index in [4.69, 9.17) is 16.7 Å². The monoisotopic (exact) mass is 314 g/mol. The lowest BCUT2D eigenvalue weighted by Crippen LogP contribution is -2.35. The van der Waals surface area contributed by atoms with Gasteiger partial charge in [-0.1, -0.05) is 17.7 Å². The molecule has 0 aliphatic heterocycles. The lowest BCUT2D eigenvalue weighted by molar-refractivity contribution is -0.182. The van der Waals surface area contributed by atoms with Crippen molar-refractivity contribution < 1.29 is 23.8 Å². The number of aliphatic carboxylic acids is 1. The summed E-state index contributed by atoms with van der Waals surface area (Å²) < 4.78 is 26.2. The van der Waals surface area contributed by atoms with E-state index in [1.54, 1.807) is 0 Å². The maximum absolute atomic E-state index is 13.0. The number of carboxylic acids is 1. The SMILES string of the molecule is O=C(O)C(F)(F)C(O)c1ccc(Cl)c(Br)c1. The van der Waals surface area contributed by atoms with E-state index in [-0.39, 0.29) is 10.6 Å². The zero-order chi connectivity index (χ0) is 12.5. The summed E-state index contributed by atoms with van der Waals surface area (Å²) in [5.74, 6) is -6.63. The second kappa shape index (κ2) is 4.65. The van der Waals surface area contributed by atoms with Gasteiger partial charge in [-0.3, -0.25) is 0 Å². The van der Waals surface area contributed by atoms with Crippen molar-refractivity contribution in [1.29, 1.82) is 0 Å². The zero-order valence-corrected chi connectivity index (χ0v) is 9.97. The van der Waals surface area contributed by atoms with E-state index in [0.29, 0.717) is 4.47 Å². The first-order chi connectivity index (χ1) is 7.26. The molecule has 7 heteroatoms. The number of aliphatic hydroxyl groups excluding tert-OH is 1. The molecule has 0 spiro atoms. The summed E-state index contributed by atoms with van der Waals surface area (Å²) in [4.78, 5) is 10.2. The molecule has 0 aliphatic carbocycles. The summed E-state index contributed by atoms with van der Waals surface area (Å²) in [5, 5.41) is 17.8. The number of carboxylic acid groups (broad SMARTS) is 1. The van der Waals surface area contributed by atoms with Crippen molar-refractivity contribution in [2.24, 2.45) is 0 Å². The molecule has 1 unspecified atom stereocenters. The van der Waals surface area contributed by atoms with Gasteiger partial charge in [0.1, 0.15) is 0 Å². The highest BCUT2D eigenvalue weighted by Gasteiger charge is 2.47. The first-order valence-corrected chi connectivity index (χ1v) is 5.18. The van der Waals surface area contributed by atoms with Crippen LogP contribution in [0.5, 0.6) is 0 Å². The Morgan fingerprint density at radius 2 is 2.06 bits per heavy atom. The Morgan fingerprint density at radius 3 is 2.50 bits per heavy atom. The minimum absolute atomic E-state index is 0.233. The number of hydrogen-bond donors (Lipinski definition) is 2. The van der Waals surface area contributed by atoms with Gasteiger partial charge in [0, 0.05) is 4.47 Å². The molecule has 0 amide bonds. The fraction of sp³-hybridized carbons (Fsp3) is 0.222. The van der Waals surface area contributed by atoms with Crippen molar-refractivity contribution >= 4 is 33.5 Å². The van der Waals surface area contributed by atoms with Gasteiger partial charge < -0.3 is 10.2 Å². The van der Waals surface area contributed by atoms with Crippen molar-refractivity contribution in [3.05, 3.63) is 33.3 Å². The Hall–Kier alpha value is -0.720. The molecule has 0 bridgehead atoms. The molecule has 3 nitrogen and oxygen atoms in total. The van der Waals surface area contributed by atoms with Crippen LogP contribution in [0, 0.1) is 0 Å². The minimum Gasteiger partial charge on any atom is -0.477 e. The number of rotatable bonds is 3. The predicted octanol–water partition coefficient (Wildman–Crippen LogP) is 2.86. The molecular formula is C9H6BrClF2O3. The molecule has 0 heterocycles. The zero-order valence-electron chi connectivity index (χ0n) is 7.62. The summed E-state index contributed by atoms with van der Waals surface area (Å²) in [6.07, 6.45) is -2.42. The number of hydrogen-bond acceptors (Lipinski definition) is 2. The molecule has 0 saturated carbocycles. The Labute approximate surface area is 103 Å². The van der Waals surface area contributed by atoms with E-state index in [1.165, 1.54) is 6.07 Å². The number of benzene rings is 1. The van der Waals surface area contributed by atoms with E-state index in [2.05, 4.69) is 15.9 Å². The molecule has 1 aromatic rings. The van der Waals surface area contributed by atoms with Crippen molar-refractivity contribution in [1.82, 2.24) is 0 Å². The molecule has 2 N–H and O–H groups in total. The standard InChI is InChI=1S/C9H6BrClF2O3/c10-5-3-4(1-2-6(5)11)7(14)9(12,13)8(15)16/h1-3,7,14H,(H,15,16). The molecular weight excluding hydrogens is 309 g/mol. The second-order valence-electron chi connectivity index (χ2n) is 3.00. The molecule has 1 aromatic carbocycles. The highest BCUT2D eigenvalue weighted by Crippen LogP contribution is 2.34. The maximum Gasteiger partial charge on any atom is 0.377 e. The van der Waals surface area contributed by atoms with E-state index in [9.17, 15) is 18.7 Å². The molecule has 0 aromatic heterocycles. The summed E-state index contributed by atoms with van der Waals surface area (Å²) in [6.45, 7) is 0. The van der Waals surface area contributed by atoms with Crippen LogP contribution < -0.4 is 0 Å². The molecule has 0 radical (unpaired) electrons. The quantitative estimate of drug-likeness (QED) is 0.902. The third-order valence-corrected chi connectivity index (χ3v) is 3.10. The highest BCUT2D eigenvalue weighted by molar-refractivity contribution is 9.10. The number of carbonyl (C=O) groups is 1. The number of halogens is 4. The third-order valence-electron chi connectivity index (χ3n) is 1.89. The molecule has 16 heavy (non-hydrogen) atoms. The first kappa shape index (κ1) is 13.3. The van der Waals surface area contributed by atoms with Gasteiger partial charge in [-0.15, -0.1) is 0 Å². The van der Waals surface area contributed by atoms with Crippen molar-refractivity contribution in [2.45, 2.75) is 12.0 Å². The van der Waals surface area contributed by atoms with Crippen molar-refractivity contribution in [2.75, 3.05) is 0 Å². The van der Waals surface area contributed by atoms with Crippen LogP contribution >= 0.6 is 27.5 Å². The topological polar surface area (TPSA) is 57.5 Å². The van der Waals surface area contributed by atoms with Crippen LogP contribution in [0.4, 0.5) is 8.78 Å². The predicted molar refractivity (Wildman–Crippen MR) is 56.7 cm³/mol. The van der Waals surface area contributed by atoms with Crippen LogP contribution in [-0.2, 0) is 4.79 Å². The summed E-state index contributed by atoms with van der Waals surface area (Å²) in [6, 6.07) is 3.56. The molecule has 1 rings (SSSR count). The largest absolute Gasteiger partial charge is 0.477 e. The lowest BCUT2D eigenvalue weighted by Gasteiger charge is -2.18. The van der Waals surface area contributed by atoms with Gasteiger partial charge in [0.25, 0.3) is 0 Å². The molecule has 88 valence electrons. The average molecular weight is 315 g/mol. The highest BCUT2D eigenvalue weighted by atomic mass is 79.9. The van der Waals surface area contributed by atoms with Gasteiger partial charge in [-0.25, -0.2) is 4.79 Å². The van der Waals surface area contributed by atoms with Crippen LogP contribution in [0.25, 0.3) is 0 Å². The van der Waals surface area contributed by atoms with Gasteiger partial charge >= 0.3 is 11.9 Å². The summed E-state index contributed by atoms with van der Waals surface area (Å²) in [7, 11) is 0. The fourth-order valence-corrected chi connectivity index (χ4v) is 1.52.